The van der Waals surface area contributed by atoms with Crippen LogP contribution in [0.5, 0.6) is 0 Å². The van der Waals surface area contributed by atoms with Gasteiger partial charge in [0, 0.05) is 13.1 Å². The normalized spacial score (nSPS) is 31.5. The molecule has 74 valence electrons. The molecule has 0 unspecified atom stereocenters. The molecule has 2 rings (SSSR count). The van der Waals surface area contributed by atoms with Gasteiger partial charge in [-0.05, 0) is 25.7 Å². The van der Waals surface area contributed by atoms with Crippen molar-refractivity contribution in [2.45, 2.75) is 37.4 Å². The number of nitrogens with zero attached hydrogens (tertiary/aromatic N) is 1. The fourth-order valence-electron chi connectivity index (χ4n) is 1.95. The van der Waals surface area contributed by atoms with Gasteiger partial charge in [-0.1, -0.05) is 0 Å². The Bertz CT molecular complexity index is 225. The van der Waals surface area contributed by atoms with Crippen LogP contribution in [0.1, 0.15) is 25.7 Å². The molecule has 1 aliphatic heterocycles. The number of rotatable bonds is 1. The van der Waals surface area contributed by atoms with Gasteiger partial charge < -0.3 is 15.1 Å². The van der Waals surface area contributed by atoms with Crippen molar-refractivity contribution < 1.29 is 15.0 Å². The van der Waals surface area contributed by atoms with Crippen LogP contribution in [0.15, 0.2) is 0 Å². The number of carbonyl (C=O) groups excluding carboxylic acids is 1. The van der Waals surface area contributed by atoms with Gasteiger partial charge in [0.1, 0.15) is 5.60 Å². The third-order valence-electron chi connectivity index (χ3n) is 3.03. The number of carbonyl (C=O) groups is 1. The van der Waals surface area contributed by atoms with E-state index in [9.17, 15) is 15.0 Å². The first-order valence-electron chi connectivity index (χ1n) is 4.82. The Kier molecular flexibility index (Phi) is 2.04. The minimum Gasteiger partial charge on any atom is -0.391 e. The number of hydrogen-bond donors (Lipinski definition) is 2. The molecule has 0 spiro atoms. The molecule has 2 aliphatic rings. The molecule has 0 aromatic rings. The van der Waals surface area contributed by atoms with Gasteiger partial charge in [0.2, 0.25) is 0 Å². The molecule has 1 saturated carbocycles. The highest BCUT2D eigenvalue weighted by molar-refractivity contribution is 5.86. The summed E-state index contributed by atoms with van der Waals surface area (Å²) < 4.78 is 0. The van der Waals surface area contributed by atoms with Gasteiger partial charge >= 0.3 is 0 Å². The van der Waals surface area contributed by atoms with Crippen LogP contribution in [0.4, 0.5) is 0 Å². The Balaban J connectivity index is 1.97. The average molecular weight is 185 g/mol. The van der Waals surface area contributed by atoms with E-state index in [0.29, 0.717) is 32.4 Å². The van der Waals surface area contributed by atoms with E-state index < -0.39 is 11.7 Å². The first-order valence-corrected chi connectivity index (χ1v) is 4.82. The summed E-state index contributed by atoms with van der Waals surface area (Å²) in [6.07, 6.45) is 2.34. The van der Waals surface area contributed by atoms with Crippen molar-refractivity contribution >= 4 is 5.91 Å². The third-order valence-corrected chi connectivity index (χ3v) is 3.03. The predicted octanol–water partition coefficient (Wildman–Crippen LogP) is -0.505. The summed E-state index contributed by atoms with van der Waals surface area (Å²) in [4.78, 5) is 13.2. The number of amides is 1. The zero-order chi connectivity index (χ0) is 9.47. The molecular weight excluding hydrogens is 170 g/mol. The van der Waals surface area contributed by atoms with Crippen molar-refractivity contribution in [2.75, 3.05) is 13.1 Å². The van der Waals surface area contributed by atoms with Gasteiger partial charge in [0.25, 0.3) is 5.91 Å². The van der Waals surface area contributed by atoms with E-state index in [2.05, 4.69) is 0 Å². The van der Waals surface area contributed by atoms with Crippen molar-refractivity contribution in [1.29, 1.82) is 0 Å². The number of aliphatic hydroxyl groups is 2. The standard InChI is InChI=1S/C9H15NO3/c11-7-2-5-10(6-7)8(12)9(13)3-1-4-9/h7,11,13H,1-6H2/t7-/m0/s1. The number of likely N-dealkylation sites (tertiary alicyclic amines) is 1. The van der Waals surface area contributed by atoms with Crippen molar-refractivity contribution in [1.82, 2.24) is 4.90 Å². The highest BCUT2D eigenvalue weighted by Gasteiger charge is 2.45. The van der Waals surface area contributed by atoms with Crippen LogP contribution in [0, 0.1) is 0 Å². The summed E-state index contributed by atoms with van der Waals surface area (Å²) in [5, 5.41) is 19.0. The Labute approximate surface area is 77.2 Å². The summed E-state index contributed by atoms with van der Waals surface area (Å²) in [5.41, 5.74) is -1.09. The molecule has 0 aromatic carbocycles. The highest BCUT2D eigenvalue weighted by atomic mass is 16.3. The van der Waals surface area contributed by atoms with Crippen molar-refractivity contribution in [3.05, 3.63) is 0 Å². The highest BCUT2D eigenvalue weighted by Crippen LogP contribution is 2.34. The van der Waals surface area contributed by atoms with Crippen LogP contribution in [0.25, 0.3) is 0 Å². The Hall–Kier alpha value is -0.610. The van der Waals surface area contributed by atoms with Crippen molar-refractivity contribution in [3.63, 3.8) is 0 Å². The van der Waals surface area contributed by atoms with Crippen LogP contribution in [-0.4, -0.2) is 45.8 Å². The molecular formula is C9H15NO3. The Morgan fingerprint density at radius 2 is 2.15 bits per heavy atom. The number of aliphatic hydroxyl groups excluding tert-OH is 1. The second-order valence-electron chi connectivity index (χ2n) is 4.08. The number of hydrogen-bond acceptors (Lipinski definition) is 3. The lowest BCUT2D eigenvalue weighted by molar-refractivity contribution is -0.159. The van der Waals surface area contributed by atoms with Gasteiger partial charge in [0.05, 0.1) is 6.10 Å². The minimum atomic E-state index is -1.09. The third kappa shape index (κ3) is 1.44. The molecule has 2 N–H and O–H groups in total. The molecule has 1 aliphatic carbocycles. The second kappa shape index (κ2) is 2.96. The molecule has 0 bridgehead atoms. The molecule has 2 fully saturated rings. The molecule has 4 heteroatoms. The first-order chi connectivity index (χ1) is 6.12. The van der Waals surface area contributed by atoms with Gasteiger partial charge in [-0.15, -0.1) is 0 Å². The van der Waals surface area contributed by atoms with Gasteiger partial charge in [-0.25, -0.2) is 0 Å². The van der Waals surface area contributed by atoms with E-state index in [1.165, 1.54) is 0 Å². The van der Waals surface area contributed by atoms with E-state index in [1.54, 1.807) is 4.90 Å². The molecule has 13 heavy (non-hydrogen) atoms. The largest absolute Gasteiger partial charge is 0.391 e. The van der Waals surface area contributed by atoms with E-state index >= 15 is 0 Å². The summed E-state index contributed by atoms with van der Waals surface area (Å²) in [7, 11) is 0. The van der Waals surface area contributed by atoms with Crippen LogP contribution >= 0.6 is 0 Å². The molecule has 1 heterocycles. The molecule has 1 saturated heterocycles. The van der Waals surface area contributed by atoms with Gasteiger partial charge in [0.15, 0.2) is 0 Å². The van der Waals surface area contributed by atoms with Crippen LogP contribution in [-0.2, 0) is 4.79 Å². The van der Waals surface area contributed by atoms with Crippen molar-refractivity contribution in [2.24, 2.45) is 0 Å². The maximum Gasteiger partial charge on any atom is 0.254 e. The molecule has 4 nitrogen and oxygen atoms in total. The summed E-state index contributed by atoms with van der Waals surface area (Å²) in [5.74, 6) is -0.185. The Morgan fingerprint density at radius 1 is 1.46 bits per heavy atom. The molecule has 0 radical (unpaired) electrons. The lowest BCUT2D eigenvalue weighted by Crippen LogP contribution is -2.52. The Morgan fingerprint density at radius 3 is 2.54 bits per heavy atom. The zero-order valence-corrected chi connectivity index (χ0v) is 7.57. The van der Waals surface area contributed by atoms with E-state index in [-0.39, 0.29) is 5.91 Å². The van der Waals surface area contributed by atoms with Crippen molar-refractivity contribution in [3.8, 4) is 0 Å². The van der Waals surface area contributed by atoms with Crippen LogP contribution in [0.2, 0.25) is 0 Å². The summed E-state index contributed by atoms with van der Waals surface area (Å²) in [6.45, 7) is 0.976. The number of β-amino-alcohol motifs (C(OH)–C–C–N with tert-alkyl or cyclic N) is 1. The minimum absolute atomic E-state index is 0.185. The summed E-state index contributed by atoms with van der Waals surface area (Å²) >= 11 is 0. The smallest absolute Gasteiger partial charge is 0.254 e. The SMILES string of the molecule is O=C(N1CC[C@H](O)C1)C1(O)CCC1. The average Bonchev–Trinajstić information content (AvgIpc) is 2.46. The predicted molar refractivity (Wildman–Crippen MR) is 46.0 cm³/mol. The van der Waals surface area contributed by atoms with Gasteiger partial charge in [-0.3, -0.25) is 4.79 Å². The molecule has 1 amide bonds. The maximum atomic E-state index is 11.7. The quantitative estimate of drug-likeness (QED) is 0.578. The fourth-order valence-corrected chi connectivity index (χ4v) is 1.95. The van der Waals surface area contributed by atoms with E-state index in [1.807, 2.05) is 0 Å². The maximum absolute atomic E-state index is 11.7. The molecule has 0 aromatic heterocycles. The fraction of sp³-hybridized carbons (Fsp3) is 0.889. The summed E-state index contributed by atoms with van der Waals surface area (Å²) in [6, 6.07) is 0. The first kappa shape index (κ1) is 8.97. The van der Waals surface area contributed by atoms with Crippen LogP contribution < -0.4 is 0 Å². The van der Waals surface area contributed by atoms with E-state index in [0.717, 1.165) is 6.42 Å². The monoisotopic (exact) mass is 185 g/mol. The lowest BCUT2D eigenvalue weighted by Gasteiger charge is -2.37. The van der Waals surface area contributed by atoms with E-state index in [4.69, 9.17) is 0 Å². The van der Waals surface area contributed by atoms with Crippen LogP contribution in [0.3, 0.4) is 0 Å². The topological polar surface area (TPSA) is 60.8 Å². The van der Waals surface area contributed by atoms with Gasteiger partial charge in [-0.2, -0.15) is 0 Å². The second-order valence-corrected chi connectivity index (χ2v) is 4.08. The zero-order valence-electron chi connectivity index (χ0n) is 7.57. The molecule has 1 atom stereocenters. The lowest BCUT2D eigenvalue weighted by atomic mass is 9.79.